The Morgan fingerprint density at radius 3 is 2.78 bits per heavy atom. The van der Waals surface area contributed by atoms with Crippen molar-refractivity contribution in [2.45, 2.75) is 6.54 Å². The molecule has 27 heavy (non-hydrogen) atoms. The van der Waals surface area contributed by atoms with Crippen molar-refractivity contribution < 1.29 is 18.5 Å². The normalized spacial score (nSPS) is 10.8. The lowest BCUT2D eigenvalue weighted by Gasteiger charge is -2.03. The molecule has 0 unspecified atom stereocenters. The highest BCUT2D eigenvalue weighted by Crippen LogP contribution is 2.25. The van der Waals surface area contributed by atoms with Gasteiger partial charge in [0.15, 0.2) is 12.4 Å². The maximum Gasteiger partial charge on any atom is 0.293 e. The van der Waals surface area contributed by atoms with Crippen LogP contribution in [0.5, 0.6) is 5.75 Å². The Bertz CT molecular complexity index is 1030. The number of carbonyl (C=O) groups excluding carboxylic acids is 1. The monoisotopic (exact) mass is 365 g/mol. The van der Waals surface area contributed by atoms with Gasteiger partial charge in [-0.2, -0.15) is 10.1 Å². The van der Waals surface area contributed by atoms with E-state index in [0.29, 0.717) is 23.9 Å². The molecule has 0 aliphatic rings. The number of hydrogen-bond donors (Lipinski definition) is 1. The summed E-state index contributed by atoms with van der Waals surface area (Å²) in [7, 11) is 0. The van der Waals surface area contributed by atoms with Gasteiger partial charge in [0.05, 0.1) is 6.54 Å². The largest absolute Gasteiger partial charge is 0.484 e. The fraction of sp³-hybridized carbons (Fsp3) is 0.111. The molecule has 4 rings (SSSR count). The maximum absolute atomic E-state index is 10.7. The molecule has 0 saturated heterocycles. The van der Waals surface area contributed by atoms with Crippen molar-refractivity contribution in [2.24, 2.45) is 5.73 Å². The number of nitrogens with zero attached hydrogens (tertiary/aromatic N) is 4. The lowest BCUT2D eigenvalue weighted by atomic mass is 10.2. The molecule has 0 bridgehead atoms. The summed E-state index contributed by atoms with van der Waals surface area (Å²) in [4.78, 5) is 15.1. The van der Waals surface area contributed by atoms with Crippen LogP contribution < -0.4 is 10.5 Å². The molecule has 0 atom stereocenters. The summed E-state index contributed by atoms with van der Waals surface area (Å²) in [6.45, 7) is 0.339. The van der Waals surface area contributed by atoms with Crippen LogP contribution in [0.2, 0.25) is 0 Å². The number of aromatic nitrogens is 4. The summed E-state index contributed by atoms with van der Waals surface area (Å²) in [5.41, 5.74) is 5.78. The Balaban J connectivity index is 1.47. The standard InChI is InChI=1S/C18H15N5O4/c19-16(24)11-25-13-4-2-12(3-5-13)17-21-18(27-22-17)15-7-6-14(26-15)10-23-9-1-8-20-23/h1-9H,10-11H2,(H2,19,24). The summed E-state index contributed by atoms with van der Waals surface area (Å²) in [6, 6.07) is 12.4. The van der Waals surface area contributed by atoms with Gasteiger partial charge < -0.3 is 19.4 Å². The lowest BCUT2D eigenvalue weighted by Crippen LogP contribution is -2.19. The van der Waals surface area contributed by atoms with E-state index in [1.165, 1.54) is 0 Å². The molecule has 0 fully saturated rings. The van der Waals surface area contributed by atoms with E-state index in [2.05, 4.69) is 15.2 Å². The predicted molar refractivity (Wildman–Crippen MR) is 93.5 cm³/mol. The van der Waals surface area contributed by atoms with Gasteiger partial charge in [-0.3, -0.25) is 9.48 Å². The van der Waals surface area contributed by atoms with Crippen LogP contribution in [0.3, 0.4) is 0 Å². The summed E-state index contributed by atoms with van der Waals surface area (Å²) in [5.74, 6) is 1.90. The van der Waals surface area contributed by atoms with Crippen LogP contribution >= 0.6 is 0 Å². The molecular weight excluding hydrogens is 350 g/mol. The number of carbonyl (C=O) groups is 1. The lowest BCUT2D eigenvalue weighted by molar-refractivity contribution is -0.119. The summed E-state index contributed by atoms with van der Waals surface area (Å²) in [6.07, 6.45) is 3.56. The van der Waals surface area contributed by atoms with Crippen LogP contribution in [0.1, 0.15) is 5.76 Å². The van der Waals surface area contributed by atoms with Gasteiger partial charge in [0.2, 0.25) is 5.82 Å². The molecule has 0 aliphatic heterocycles. The summed E-state index contributed by atoms with van der Waals surface area (Å²) in [5, 5.41) is 8.11. The second-order valence-corrected chi connectivity index (χ2v) is 5.67. The third kappa shape index (κ3) is 3.87. The van der Waals surface area contributed by atoms with Gasteiger partial charge in [-0.15, -0.1) is 0 Å². The van der Waals surface area contributed by atoms with Crippen molar-refractivity contribution in [1.29, 1.82) is 0 Å². The van der Waals surface area contributed by atoms with E-state index in [4.69, 9.17) is 19.4 Å². The minimum Gasteiger partial charge on any atom is -0.484 e. The third-order valence-electron chi connectivity index (χ3n) is 3.67. The molecule has 136 valence electrons. The summed E-state index contributed by atoms with van der Waals surface area (Å²) < 4.78 is 18.0. The Morgan fingerprint density at radius 2 is 2.04 bits per heavy atom. The van der Waals surface area contributed by atoms with Gasteiger partial charge >= 0.3 is 0 Å². The van der Waals surface area contributed by atoms with Gasteiger partial charge in [-0.25, -0.2) is 0 Å². The van der Waals surface area contributed by atoms with Gasteiger partial charge in [-0.05, 0) is 42.5 Å². The predicted octanol–water partition coefficient (Wildman–Crippen LogP) is 2.11. The Hall–Kier alpha value is -3.88. The molecule has 0 aliphatic carbocycles. The van der Waals surface area contributed by atoms with E-state index in [1.807, 2.05) is 18.3 Å². The minimum absolute atomic E-state index is 0.176. The summed E-state index contributed by atoms with van der Waals surface area (Å²) >= 11 is 0. The molecular formula is C18H15N5O4. The first-order valence-electron chi connectivity index (χ1n) is 8.09. The van der Waals surface area contributed by atoms with E-state index in [9.17, 15) is 4.79 Å². The Kier molecular flexibility index (Phi) is 4.40. The smallest absolute Gasteiger partial charge is 0.293 e. The zero-order valence-electron chi connectivity index (χ0n) is 14.1. The highest BCUT2D eigenvalue weighted by atomic mass is 16.5. The van der Waals surface area contributed by atoms with E-state index in [1.54, 1.807) is 41.2 Å². The van der Waals surface area contributed by atoms with Gasteiger partial charge in [0.1, 0.15) is 11.5 Å². The molecule has 2 N–H and O–H groups in total. The molecule has 3 heterocycles. The number of benzene rings is 1. The number of hydrogen-bond acceptors (Lipinski definition) is 7. The van der Waals surface area contributed by atoms with Crippen LogP contribution in [0, 0.1) is 0 Å². The molecule has 9 nitrogen and oxygen atoms in total. The van der Waals surface area contributed by atoms with Crippen LogP contribution in [0.25, 0.3) is 23.0 Å². The van der Waals surface area contributed by atoms with Crippen molar-refractivity contribution in [3.63, 3.8) is 0 Å². The van der Waals surface area contributed by atoms with Crippen molar-refractivity contribution in [2.75, 3.05) is 6.61 Å². The average Bonchev–Trinajstić information content (AvgIpc) is 3.42. The van der Waals surface area contributed by atoms with Crippen molar-refractivity contribution in [1.82, 2.24) is 19.9 Å². The number of nitrogens with two attached hydrogens (primary N) is 1. The SMILES string of the molecule is NC(=O)COc1ccc(-c2noc(-c3ccc(Cn4cccn4)o3)n2)cc1. The minimum atomic E-state index is -0.535. The molecule has 3 aromatic heterocycles. The van der Waals surface area contributed by atoms with Crippen molar-refractivity contribution in [3.05, 3.63) is 60.6 Å². The molecule has 0 saturated carbocycles. The van der Waals surface area contributed by atoms with Crippen molar-refractivity contribution >= 4 is 5.91 Å². The fourth-order valence-corrected chi connectivity index (χ4v) is 2.43. The van der Waals surface area contributed by atoms with Crippen LogP contribution in [0.15, 0.2) is 63.8 Å². The molecule has 4 aromatic rings. The Morgan fingerprint density at radius 1 is 1.19 bits per heavy atom. The number of amides is 1. The van der Waals surface area contributed by atoms with Gasteiger partial charge in [0.25, 0.3) is 11.8 Å². The topological polar surface area (TPSA) is 122 Å². The van der Waals surface area contributed by atoms with Crippen LogP contribution in [0.4, 0.5) is 0 Å². The Labute approximate surface area is 153 Å². The highest BCUT2D eigenvalue weighted by molar-refractivity contribution is 5.75. The van der Waals surface area contributed by atoms with Crippen LogP contribution in [-0.2, 0) is 11.3 Å². The first-order valence-corrected chi connectivity index (χ1v) is 8.09. The second kappa shape index (κ2) is 7.16. The molecule has 9 heteroatoms. The van der Waals surface area contributed by atoms with E-state index < -0.39 is 5.91 Å². The second-order valence-electron chi connectivity index (χ2n) is 5.67. The number of ether oxygens (including phenoxy) is 1. The van der Waals surface area contributed by atoms with Crippen LogP contribution in [-0.4, -0.2) is 32.4 Å². The molecule has 0 radical (unpaired) electrons. The van der Waals surface area contributed by atoms with E-state index in [-0.39, 0.29) is 12.5 Å². The highest BCUT2D eigenvalue weighted by Gasteiger charge is 2.14. The quantitative estimate of drug-likeness (QED) is 0.532. The molecule has 1 amide bonds. The zero-order valence-corrected chi connectivity index (χ0v) is 14.1. The third-order valence-corrected chi connectivity index (χ3v) is 3.67. The maximum atomic E-state index is 10.7. The molecule has 0 spiro atoms. The van der Waals surface area contributed by atoms with Gasteiger partial charge in [0, 0.05) is 18.0 Å². The fourth-order valence-electron chi connectivity index (χ4n) is 2.43. The number of rotatable bonds is 7. The van der Waals surface area contributed by atoms with E-state index >= 15 is 0 Å². The zero-order chi connectivity index (χ0) is 18.6. The first kappa shape index (κ1) is 16.6. The average molecular weight is 365 g/mol. The number of primary amides is 1. The van der Waals surface area contributed by atoms with Gasteiger partial charge in [-0.1, -0.05) is 5.16 Å². The first-order chi connectivity index (χ1) is 13.2. The van der Waals surface area contributed by atoms with Crippen molar-refractivity contribution in [3.8, 4) is 28.8 Å². The number of furan rings is 1. The van der Waals surface area contributed by atoms with E-state index in [0.717, 1.165) is 11.3 Å². The molecule has 1 aromatic carbocycles.